The molecule has 0 bridgehead atoms. The maximum absolute atomic E-state index is 13.0. The lowest BCUT2D eigenvalue weighted by molar-refractivity contribution is 0.0701. The van der Waals surface area contributed by atoms with Crippen molar-refractivity contribution in [3.8, 4) is 0 Å². The number of hydrogen-bond acceptors (Lipinski definition) is 7. The van der Waals surface area contributed by atoms with E-state index in [0.717, 1.165) is 73.6 Å². The van der Waals surface area contributed by atoms with Gasteiger partial charge in [0.15, 0.2) is 0 Å². The lowest BCUT2D eigenvalue weighted by Gasteiger charge is -2.34. The molecule has 0 atom stereocenters. The highest BCUT2D eigenvalue weighted by atomic mass is 16.2. The van der Waals surface area contributed by atoms with Crippen LogP contribution in [0.4, 0.5) is 5.69 Å². The van der Waals surface area contributed by atoms with Crippen LogP contribution in [0, 0.1) is 0 Å². The highest BCUT2D eigenvalue weighted by molar-refractivity contribution is 5.92. The fourth-order valence-corrected chi connectivity index (χ4v) is 4.91. The summed E-state index contributed by atoms with van der Waals surface area (Å²) in [5.41, 5.74) is 5.53. The van der Waals surface area contributed by atoms with Gasteiger partial charge in [-0.3, -0.25) is 14.5 Å². The first-order chi connectivity index (χ1) is 16.0. The van der Waals surface area contributed by atoms with Gasteiger partial charge in [-0.2, -0.15) is 5.10 Å². The number of nitrogens with zero attached hydrogens (tertiary/aromatic N) is 8. The Balaban J connectivity index is 1.30. The fourth-order valence-electron chi connectivity index (χ4n) is 4.91. The molecule has 0 radical (unpaired) electrons. The molecule has 9 nitrogen and oxygen atoms in total. The number of anilines is 1. The van der Waals surface area contributed by atoms with Gasteiger partial charge in [0.25, 0.3) is 5.91 Å². The number of amides is 1. The molecule has 2 aliphatic heterocycles. The zero-order chi connectivity index (χ0) is 22.9. The van der Waals surface area contributed by atoms with Crippen molar-refractivity contribution in [2.45, 2.75) is 32.1 Å². The second-order valence-electron chi connectivity index (χ2n) is 9.18. The van der Waals surface area contributed by atoms with Crippen LogP contribution in [0.2, 0.25) is 0 Å². The van der Waals surface area contributed by atoms with E-state index in [1.165, 1.54) is 0 Å². The van der Waals surface area contributed by atoms with Crippen molar-refractivity contribution in [1.82, 2.24) is 34.5 Å². The molecule has 2 fully saturated rings. The van der Waals surface area contributed by atoms with Crippen molar-refractivity contribution in [3.05, 3.63) is 41.7 Å². The average molecular weight is 449 g/mol. The quantitative estimate of drug-likeness (QED) is 0.604. The van der Waals surface area contributed by atoms with Gasteiger partial charge < -0.3 is 14.7 Å². The Morgan fingerprint density at radius 2 is 1.76 bits per heavy atom. The number of pyridine rings is 1. The van der Waals surface area contributed by atoms with Crippen LogP contribution in [-0.2, 0) is 13.5 Å². The van der Waals surface area contributed by atoms with Gasteiger partial charge in [-0.25, -0.2) is 9.97 Å². The predicted octanol–water partition coefficient (Wildman–Crippen LogP) is 2.09. The van der Waals surface area contributed by atoms with Crippen LogP contribution in [0.5, 0.6) is 0 Å². The molecule has 2 aliphatic rings. The van der Waals surface area contributed by atoms with Gasteiger partial charge in [-0.1, -0.05) is 6.92 Å². The van der Waals surface area contributed by atoms with Crippen LogP contribution >= 0.6 is 0 Å². The van der Waals surface area contributed by atoms with Gasteiger partial charge in [0.2, 0.25) is 0 Å². The number of fused-ring (bicyclic) bond motifs is 1. The minimum atomic E-state index is 0.0608. The Bertz CT molecular complexity index is 1140. The number of carbonyl (C=O) groups is 1. The number of aromatic nitrogens is 5. The van der Waals surface area contributed by atoms with E-state index in [2.05, 4.69) is 44.9 Å². The highest BCUT2D eigenvalue weighted by Gasteiger charge is 2.28. The molecule has 1 amide bonds. The molecule has 3 aromatic heterocycles. The smallest absolute Gasteiger partial charge is 0.272 e. The summed E-state index contributed by atoms with van der Waals surface area (Å²) in [5, 5.41) is 4.42. The van der Waals surface area contributed by atoms with E-state index in [9.17, 15) is 4.79 Å². The molecule has 0 aliphatic carbocycles. The van der Waals surface area contributed by atoms with Gasteiger partial charge in [-0.15, -0.1) is 0 Å². The second kappa shape index (κ2) is 9.05. The Morgan fingerprint density at radius 1 is 1.00 bits per heavy atom. The summed E-state index contributed by atoms with van der Waals surface area (Å²) < 4.78 is 1.70. The molecular formula is C24H32N8O. The minimum Gasteiger partial charge on any atom is -0.368 e. The summed E-state index contributed by atoms with van der Waals surface area (Å²) in [4.78, 5) is 33.7. The topological polar surface area (TPSA) is 83.3 Å². The van der Waals surface area contributed by atoms with Gasteiger partial charge in [0.05, 0.1) is 28.8 Å². The summed E-state index contributed by atoms with van der Waals surface area (Å²) in [6, 6.07) is 4.05. The zero-order valence-corrected chi connectivity index (χ0v) is 19.7. The number of likely N-dealkylation sites (N-methyl/N-ethyl adjacent to an activating group) is 1. The van der Waals surface area contributed by atoms with E-state index in [4.69, 9.17) is 4.98 Å². The van der Waals surface area contributed by atoms with E-state index >= 15 is 0 Å². The number of likely N-dealkylation sites (tertiary alicyclic amines) is 1. The molecule has 0 saturated carbocycles. The lowest BCUT2D eigenvalue weighted by atomic mass is 9.92. The number of hydrogen-bond donors (Lipinski definition) is 0. The monoisotopic (exact) mass is 448 g/mol. The second-order valence-corrected chi connectivity index (χ2v) is 9.18. The van der Waals surface area contributed by atoms with E-state index in [1.807, 2.05) is 24.2 Å². The molecule has 2 saturated heterocycles. The summed E-state index contributed by atoms with van der Waals surface area (Å²) >= 11 is 0. The molecule has 5 rings (SSSR count). The lowest BCUT2D eigenvalue weighted by Crippen LogP contribution is -2.44. The van der Waals surface area contributed by atoms with Crippen molar-refractivity contribution in [2.75, 3.05) is 51.2 Å². The van der Waals surface area contributed by atoms with Crippen molar-refractivity contribution in [1.29, 1.82) is 0 Å². The molecule has 0 N–H and O–H groups in total. The van der Waals surface area contributed by atoms with Crippen LogP contribution in [0.25, 0.3) is 11.0 Å². The molecule has 0 spiro atoms. The Hall–Kier alpha value is -3.07. The standard InChI is InChI=1S/C24H32N8O/c1-4-18-13-21(30(3)28-18)24(33)32-7-5-17(6-8-32)22-23-20(26-16-27-22)14-19(15-25-23)31-11-9-29(2)10-12-31/h13-17H,4-12H2,1-3H3. The van der Waals surface area contributed by atoms with Crippen molar-refractivity contribution < 1.29 is 4.79 Å². The Labute approximate surface area is 194 Å². The number of piperazine rings is 1. The minimum absolute atomic E-state index is 0.0608. The maximum Gasteiger partial charge on any atom is 0.272 e. The molecule has 9 heteroatoms. The van der Waals surface area contributed by atoms with Crippen LogP contribution in [0.15, 0.2) is 24.7 Å². The third-order valence-corrected chi connectivity index (χ3v) is 7.04. The predicted molar refractivity (Wildman–Crippen MR) is 128 cm³/mol. The first kappa shape index (κ1) is 21.8. The normalized spacial score (nSPS) is 18.3. The highest BCUT2D eigenvalue weighted by Crippen LogP contribution is 2.31. The summed E-state index contributed by atoms with van der Waals surface area (Å²) in [7, 11) is 4.00. The molecule has 174 valence electrons. The number of piperidine rings is 1. The zero-order valence-electron chi connectivity index (χ0n) is 19.7. The Kier molecular flexibility index (Phi) is 5.97. The fraction of sp³-hybridized carbons (Fsp3) is 0.542. The summed E-state index contributed by atoms with van der Waals surface area (Å²) in [5.74, 6) is 0.338. The number of aryl methyl sites for hydroxylation is 2. The third-order valence-electron chi connectivity index (χ3n) is 7.04. The van der Waals surface area contributed by atoms with Gasteiger partial charge >= 0.3 is 0 Å². The van der Waals surface area contributed by atoms with Crippen molar-refractivity contribution in [2.24, 2.45) is 7.05 Å². The third kappa shape index (κ3) is 4.29. The van der Waals surface area contributed by atoms with Gasteiger partial charge in [-0.05, 0) is 38.4 Å². The largest absolute Gasteiger partial charge is 0.368 e. The van der Waals surface area contributed by atoms with E-state index in [-0.39, 0.29) is 11.8 Å². The molecule has 5 heterocycles. The van der Waals surface area contributed by atoms with Crippen molar-refractivity contribution >= 4 is 22.6 Å². The van der Waals surface area contributed by atoms with Crippen molar-refractivity contribution in [3.63, 3.8) is 0 Å². The van der Waals surface area contributed by atoms with Crippen LogP contribution in [0.1, 0.15) is 47.6 Å². The van der Waals surface area contributed by atoms with Crippen LogP contribution in [-0.4, -0.2) is 86.8 Å². The summed E-state index contributed by atoms with van der Waals surface area (Å²) in [6.07, 6.45) is 6.20. The van der Waals surface area contributed by atoms with Gasteiger partial charge in [0, 0.05) is 52.2 Å². The number of rotatable bonds is 4. The summed E-state index contributed by atoms with van der Waals surface area (Å²) in [6.45, 7) is 7.60. The van der Waals surface area contributed by atoms with Crippen LogP contribution < -0.4 is 4.90 Å². The van der Waals surface area contributed by atoms with E-state index in [0.29, 0.717) is 18.8 Å². The number of carbonyl (C=O) groups excluding carboxylic acids is 1. The van der Waals surface area contributed by atoms with Crippen LogP contribution in [0.3, 0.4) is 0 Å². The first-order valence-corrected chi connectivity index (χ1v) is 11.9. The first-order valence-electron chi connectivity index (χ1n) is 11.9. The molecule has 33 heavy (non-hydrogen) atoms. The van der Waals surface area contributed by atoms with E-state index < -0.39 is 0 Å². The molecular weight excluding hydrogens is 416 g/mol. The van der Waals surface area contributed by atoms with E-state index in [1.54, 1.807) is 11.0 Å². The van der Waals surface area contributed by atoms with Gasteiger partial charge in [0.1, 0.15) is 17.5 Å². The maximum atomic E-state index is 13.0. The SMILES string of the molecule is CCc1cc(C(=O)N2CCC(c3ncnc4cc(N5CCN(C)CC5)cnc34)CC2)n(C)n1. The molecule has 0 unspecified atom stereocenters. The molecule has 3 aromatic rings. The molecule has 0 aromatic carbocycles. The Morgan fingerprint density at radius 3 is 2.45 bits per heavy atom. The average Bonchev–Trinajstić information content (AvgIpc) is 3.24.